The smallest absolute Gasteiger partial charge is 0.258 e. The van der Waals surface area contributed by atoms with Gasteiger partial charge in [0.05, 0.1) is 6.54 Å². The van der Waals surface area contributed by atoms with Crippen molar-refractivity contribution in [1.29, 1.82) is 0 Å². The van der Waals surface area contributed by atoms with Crippen molar-refractivity contribution < 1.29 is 4.52 Å². The molecule has 96 valence electrons. The molecule has 0 atom stereocenters. The zero-order chi connectivity index (χ0) is 13.1. The summed E-state index contributed by atoms with van der Waals surface area (Å²) in [6.07, 6.45) is 4.33. The fourth-order valence-corrected chi connectivity index (χ4v) is 1.37. The third-order valence-electron chi connectivity index (χ3n) is 2.18. The van der Waals surface area contributed by atoms with E-state index in [0.717, 1.165) is 5.69 Å². The second kappa shape index (κ2) is 4.68. The summed E-state index contributed by atoms with van der Waals surface area (Å²) in [5, 5.41) is 10.6. The lowest BCUT2D eigenvalue weighted by atomic mass is 10.4. The zero-order valence-electron chi connectivity index (χ0n) is 9.63. The molecule has 0 saturated heterocycles. The monoisotopic (exact) mass is 259 g/mol. The van der Waals surface area contributed by atoms with E-state index in [0.29, 0.717) is 12.5 Å². The molecule has 0 fully saturated rings. The van der Waals surface area contributed by atoms with Crippen LogP contribution >= 0.6 is 0 Å². The largest absolute Gasteiger partial charge is 0.368 e. The number of nitrogen functional groups attached to an aromatic ring is 1. The summed E-state index contributed by atoms with van der Waals surface area (Å²) in [4.78, 5) is 15.9. The molecule has 3 aromatic heterocycles. The Morgan fingerprint density at radius 2 is 2.26 bits per heavy atom. The fraction of sp³-hybridized carbons (Fsp3) is 0.111. The van der Waals surface area contributed by atoms with Crippen molar-refractivity contribution in [2.24, 2.45) is 0 Å². The molecule has 0 aliphatic carbocycles. The second-order valence-electron chi connectivity index (χ2n) is 3.50. The van der Waals surface area contributed by atoms with Crippen LogP contribution in [0.4, 0.5) is 11.9 Å². The molecule has 3 aromatic rings. The molecule has 3 rings (SSSR count). The molecular weight excluding hydrogens is 250 g/mol. The Morgan fingerprint density at radius 3 is 3.00 bits per heavy atom. The molecule has 0 aliphatic heterocycles. The lowest BCUT2D eigenvalue weighted by Crippen LogP contribution is -2.11. The lowest BCUT2D eigenvalue weighted by Gasteiger charge is -2.05. The molecular formula is C9H9N9O. The van der Waals surface area contributed by atoms with Crippen molar-refractivity contribution >= 4 is 11.9 Å². The SMILES string of the molecule is Nc1nc(NCc2ccon2)nc(-n2cncn2)n1. The third-order valence-corrected chi connectivity index (χ3v) is 2.18. The normalized spacial score (nSPS) is 10.5. The van der Waals surface area contributed by atoms with Gasteiger partial charge in [-0.2, -0.15) is 24.7 Å². The molecule has 10 heteroatoms. The van der Waals surface area contributed by atoms with Gasteiger partial charge >= 0.3 is 0 Å². The number of nitrogens with two attached hydrogens (primary N) is 1. The van der Waals surface area contributed by atoms with Crippen LogP contribution in [0.1, 0.15) is 5.69 Å². The van der Waals surface area contributed by atoms with Crippen molar-refractivity contribution in [3.63, 3.8) is 0 Å². The third kappa shape index (κ3) is 2.46. The van der Waals surface area contributed by atoms with Crippen LogP contribution in [0, 0.1) is 0 Å². The average Bonchev–Trinajstić information content (AvgIpc) is 3.09. The van der Waals surface area contributed by atoms with E-state index >= 15 is 0 Å². The molecule has 3 heterocycles. The van der Waals surface area contributed by atoms with Crippen LogP contribution in [0.5, 0.6) is 0 Å². The molecule has 0 amide bonds. The molecule has 0 aromatic carbocycles. The highest BCUT2D eigenvalue weighted by atomic mass is 16.5. The highest BCUT2D eigenvalue weighted by Crippen LogP contribution is 2.07. The lowest BCUT2D eigenvalue weighted by molar-refractivity contribution is 0.412. The maximum Gasteiger partial charge on any atom is 0.258 e. The average molecular weight is 259 g/mol. The van der Waals surface area contributed by atoms with E-state index in [4.69, 9.17) is 10.3 Å². The van der Waals surface area contributed by atoms with Gasteiger partial charge in [-0.15, -0.1) is 0 Å². The summed E-state index contributed by atoms with van der Waals surface area (Å²) in [6, 6.07) is 1.73. The van der Waals surface area contributed by atoms with Crippen molar-refractivity contribution in [2.75, 3.05) is 11.1 Å². The van der Waals surface area contributed by atoms with Gasteiger partial charge in [-0.05, 0) is 0 Å². The molecule has 19 heavy (non-hydrogen) atoms. The molecule has 0 bridgehead atoms. The molecule has 0 aliphatic rings. The van der Waals surface area contributed by atoms with Gasteiger partial charge in [0.15, 0.2) is 0 Å². The first-order valence-electron chi connectivity index (χ1n) is 5.31. The van der Waals surface area contributed by atoms with E-state index in [-0.39, 0.29) is 11.9 Å². The van der Waals surface area contributed by atoms with Gasteiger partial charge in [0.1, 0.15) is 24.6 Å². The molecule has 0 radical (unpaired) electrons. The summed E-state index contributed by atoms with van der Waals surface area (Å²) in [5.74, 6) is 0.691. The first-order valence-corrected chi connectivity index (χ1v) is 5.31. The van der Waals surface area contributed by atoms with E-state index in [1.54, 1.807) is 6.07 Å². The van der Waals surface area contributed by atoms with Crippen LogP contribution in [-0.4, -0.2) is 34.9 Å². The van der Waals surface area contributed by atoms with E-state index < -0.39 is 0 Å². The molecule has 10 nitrogen and oxygen atoms in total. The Kier molecular flexibility index (Phi) is 2.73. The zero-order valence-corrected chi connectivity index (χ0v) is 9.63. The Hall–Kier alpha value is -3.04. The number of rotatable bonds is 4. The van der Waals surface area contributed by atoms with Crippen LogP contribution in [-0.2, 0) is 6.54 Å². The maximum atomic E-state index is 5.62. The minimum Gasteiger partial charge on any atom is -0.368 e. The standard InChI is InChI=1S/C9H9N9O/c10-7-14-8(12-3-6-1-2-19-17-6)16-9(15-7)18-5-11-4-13-18/h1-2,4-5H,3H2,(H3,10,12,14,15,16). The minimum atomic E-state index is 0.0863. The number of anilines is 2. The summed E-state index contributed by atoms with van der Waals surface area (Å²) in [7, 11) is 0. The fourth-order valence-electron chi connectivity index (χ4n) is 1.37. The quantitative estimate of drug-likeness (QED) is 0.643. The second-order valence-corrected chi connectivity index (χ2v) is 3.50. The van der Waals surface area contributed by atoms with Gasteiger partial charge in [-0.1, -0.05) is 5.16 Å². The first kappa shape index (κ1) is 11.1. The predicted molar refractivity (Wildman–Crippen MR) is 63.0 cm³/mol. The van der Waals surface area contributed by atoms with Crippen molar-refractivity contribution in [3.05, 3.63) is 30.7 Å². The van der Waals surface area contributed by atoms with Crippen LogP contribution in [0.15, 0.2) is 29.5 Å². The van der Waals surface area contributed by atoms with Gasteiger partial charge in [0.2, 0.25) is 11.9 Å². The molecule has 3 N–H and O–H groups in total. The van der Waals surface area contributed by atoms with Crippen LogP contribution in [0.2, 0.25) is 0 Å². The van der Waals surface area contributed by atoms with E-state index in [1.807, 2.05) is 0 Å². The predicted octanol–water partition coefficient (Wildman–Crippen LogP) is -0.365. The maximum absolute atomic E-state index is 5.62. The summed E-state index contributed by atoms with van der Waals surface area (Å²) >= 11 is 0. The Bertz CT molecular complexity index is 648. The Morgan fingerprint density at radius 1 is 1.32 bits per heavy atom. The minimum absolute atomic E-state index is 0.0863. The van der Waals surface area contributed by atoms with Crippen molar-refractivity contribution in [1.82, 2.24) is 34.9 Å². The summed E-state index contributed by atoms with van der Waals surface area (Å²) < 4.78 is 6.11. The van der Waals surface area contributed by atoms with E-state index in [9.17, 15) is 0 Å². The van der Waals surface area contributed by atoms with Gasteiger partial charge < -0.3 is 15.6 Å². The number of aromatic nitrogens is 7. The van der Waals surface area contributed by atoms with Crippen molar-refractivity contribution in [2.45, 2.75) is 6.54 Å². The topological polar surface area (TPSA) is 133 Å². The van der Waals surface area contributed by atoms with E-state index in [2.05, 4.69) is 35.5 Å². The number of hydrogen-bond donors (Lipinski definition) is 2. The van der Waals surface area contributed by atoms with Crippen molar-refractivity contribution in [3.8, 4) is 5.95 Å². The van der Waals surface area contributed by atoms with Gasteiger partial charge in [-0.25, -0.2) is 4.98 Å². The van der Waals surface area contributed by atoms with Gasteiger partial charge in [0, 0.05) is 6.07 Å². The number of nitrogens with zero attached hydrogens (tertiary/aromatic N) is 7. The van der Waals surface area contributed by atoms with Crippen LogP contribution in [0.25, 0.3) is 5.95 Å². The first-order chi connectivity index (χ1) is 9.31. The van der Waals surface area contributed by atoms with Gasteiger partial charge in [-0.3, -0.25) is 0 Å². The number of hydrogen-bond acceptors (Lipinski definition) is 9. The number of nitrogens with one attached hydrogen (secondary N) is 1. The van der Waals surface area contributed by atoms with Crippen LogP contribution < -0.4 is 11.1 Å². The highest BCUT2D eigenvalue weighted by molar-refractivity contribution is 5.34. The summed E-state index contributed by atoms with van der Waals surface area (Å²) in [6.45, 7) is 0.413. The Labute approximate surface area is 106 Å². The molecule has 0 unspecified atom stereocenters. The highest BCUT2D eigenvalue weighted by Gasteiger charge is 2.07. The Balaban J connectivity index is 1.82. The van der Waals surface area contributed by atoms with Crippen LogP contribution in [0.3, 0.4) is 0 Å². The van der Waals surface area contributed by atoms with E-state index in [1.165, 1.54) is 23.6 Å². The molecule has 0 spiro atoms. The van der Waals surface area contributed by atoms with Gasteiger partial charge in [0.25, 0.3) is 5.95 Å². The summed E-state index contributed by atoms with van der Waals surface area (Å²) in [5.41, 5.74) is 6.34. The molecule has 0 saturated carbocycles.